The highest BCUT2D eigenvalue weighted by Crippen LogP contribution is 2.25. The van der Waals surface area contributed by atoms with E-state index in [1.165, 1.54) is 0 Å². The zero-order chi connectivity index (χ0) is 13.9. The van der Waals surface area contributed by atoms with Crippen molar-refractivity contribution in [2.45, 2.75) is 6.10 Å². The molecule has 0 fully saturated rings. The van der Waals surface area contributed by atoms with Crippen LogP contribution in [0, 0.1) is 0 Å². The molecule has 3 aromatic rings. The summed E-state index contributed by atoms with van der Waals surface area (Å²) >= 11 is 0. The fourth-order valence-electron chi connectivity index (χ4n) is 2.12. The molecule has 0 saturated heterocycles. The Bertz CT molecular complexity index is 726. The van der Waals surface area contributed by atoms with Crippen LogP contribution in [-0.4, -0.2) is 22.2 Å². The number of rotatable bonds is 3. The fourth-order valence-corrected chi connectivity index (χ4v) is 2.12. The summed E-state index contributed by atoms with van der Waals surface area (Å²) < 4.78 is 5.01. The van der Waals surface area contributed by atoms with E-state index < -0.39 is 6.10 Å². The van der Waals surface area contributed by atoms with E-state index in [-0.39, 0.29) is 0 Å². The smallest absolute Gasteiger partial charge is 0.212 e. The van der Waals surface area contributed by atoms with Crippen molar-refractivity contribution in [3.8, 4) is 5.88 Å². The molecule has 100 valence electrons. The van der Waals surface area contributed by atoms with E-state index >= 15 is 0 Å². The zero-order valence-electron chi connectivity index (χ0n) is 11.0. The number of pyridine rings is 2. The van der Waals surface area contributed by atoms with Gasteiger partial charge in [-0.25, -0.2) is 4.98 Å². The highest BCUT2D eigenvalue weighted by molar-refractivity contribution is 5.79. The predicted octanol–water partition coefficient (Wildman–Crippen LogP) is 2.72. The fraction of sp³-hybridized carbons (Fsp3) is 0.125. The van der Waals surface area contributed by atoms with E-state index in [0.717, 1.165) is 22.0 Å². The zero-order valence-corrected chi connectivity index (χ0v) is 11.0. The van der Waals surface area contributed by atoms with Crippen molar-refractivity contribution in [2.24, 2.45) is 0 Å². The summed E-state index contributed by atoms with van der Waals surface area (Å²) in [6.07, 6.45) is 2.64. The van der Waals surface area contributed by atoms with Crippen LogP contribution in [0.1, 0.15) is 17.2 Å². The Morgan fingerprint density at radius 2 is 1.90 bits per heavy atom. The molecule has 0 radical (unpaired) electrons. The lowest BCUT2D eigenvalue weighted by atomic mass is 10.0. The highest BCUT2D eigenvalue weighted by atomic mass is 16.5. The minimum absolute atomic E-state index is 0.529. The topological polar surface area (TPSA) is 55.2 Å². The number of hydrogen-bond acceptors (Lipinski definition) is 4. The van der Waals surface area contributed by atoms with Gasteiger partial charge in [-0.1, -0.05) is 18.2 Å². The first-order valence-corrected chi connectivity index (χ1v) is 6.30. The van der Waals surface area contributed by atoms with Crippen molar-refractivity contribution >= 4 is 10.9 Å². The van der Waals surface area contributed by atoms with Crippen LogP contribution >= 0.6 is 0 Å². The Morgan fingerprint density at radius 3 is 2.65 bits per heavy atom. The largest absolute Gasteiger partial charge is 0.481 e. The van der Waals surface area contributed by atoms with Gasteiger partial charge in [0.15, 0.2) is 0 Å². The molecule has 0 aliphatic heterocycles. The van der Waals surface area contributed by atoms with Gasteiger partial charge in [0.25, 0.3) is 0 Å². The number of hydrogen-bond donors (Lipinski definition) is 1. The average Bonchev–Trinajstić information content (AvgIpc) is 2.54. The van der Waals surface area contributed by atoms with E-state index in [1.807, 2.05) is 30.3 Å². The maximum absolute atomic E-state index is 10.4. The van der Waals surface area contributed by atoms with Gasteiger partial charge in [-0.15, -0.1) is 0 Å². The van der Waals surface area contributed by atoms with Gasteiger partial charge in [0.1, 0.15) is 6.10 Å². The summed E-state index contributed by atoms with van der Waals surface area (Å²) in [7, 11) is 1.56. The van der Waals surface area contributed by atoms with Gasteiger partial charge < -0.3 is 9.84 Å². The molecule has 0 spiro atoms. The van der Waals surface area contributed by atoms with Crippen molar-refractivity contribution < 1.29 is 9.84 Å². The van der Waals surface area contributed by atoms with Crippen LogP contribution in [-0.2, 0) is 0 Å². The van der Waals surface area contributed by atoms with Crippen molar-refractivity contribution in [1.29, 1.82) is 0 Å². The molecule has 1 unspecified atom stereocenters. The number of benzene rings is 1. The molecule has 4 heteroatoms. The van der Waals surface area contributed by atoms with Crippen LogP contribution in [0.5, 0.6) is 5.88 Å². The van der Waals surface area contributed by atoms with Crippen molar-refractivity contribution in [3.63, 3.8) is 0 Å². The third-order valence-electron chi connectivity index (χ3n) is 3.23. The lowest BCUT2D eigenvalue weighted by Gasteiger charge is -2.12. The molecule has 3 rings (SSSR count). The molecular weight excluding hydrogens is 252 g/mol. The molecule has 20 heavy (non-hydrogen) atoms. The van der Waals surface area contributed by atoms with Gasteiger partial charge in [-0.05, 0) is 23.8 Å². The number of aromatic nitrogens is 2. The lowest BCUT2D eigenvalue weighted by Crippen LogP contribution is -2.01. The van der Waals surface area contributed by atoms with Crippen molar-refractivity contribution in [1.82, 2.24) is 9.97 Å². The minimum Gasteiger partial charge on any atom is -0.481 e. The van der Waals surface area contributed by atoms with Crippen molar-refractivity contribution in [2.75, 3.05) is 7.11 Å². The van der Waals surface area contributed by atoms with E-state index in [4.69, 9.17) is 4.74 Å². The second kappa shape index (κ2) is 5.27. The Kier molecular flexibility index (Phi) is 3.31. The predicted molar refractivity (Wildman–Crippen MR) is 76.6 cm³/mol. The molecule has 2 heterocycles. The number of ether oxygens (including phenoxy) is 1. The Hall–Kier alpha value is -2.46. The Morgan fingerprint density at radius 1 is 1.05 bits per heavy atom. The van der Waals surface area contributed by atoms with Crippen LogP contribution in [0.2, 0.25) is 0 Å². The molecule has 0 aliphatic carbocycles. The van der Waals surface area contributed by atoms with E-state index in [1.54, 1.807) is 31.6 Å². The van der Waals surface area contributed by atoms with Gasteiger partial charge in [-0.3, -0.25) is 4.98 Å². The van der Waals surface area contributed by atoms with Gasteiger partial charge in [0, 0.05) is 29.4 Å². The summed E-state index contributed by atoms with van der Waals surface area (Å²) in [6.45, 7) is 0. The quantitative estimate of drug-likeness (QED) is 0.792. The Labute approximate surface area is 116 Å². The second-order valence-electron chi connectivity index (χ2n) is 4.49. The lowest BCUT2D eigenvalue weighted by molar-refractivity contribution is 0.219. The molecule has 2 aromatic heterocycles. The molecule has 0 aliphatic rings. The summed E-state index contributed by atoms with van der Waals surface area (Å²) in [5, 5.41) is 11.5. The molecule has 0 amide bonds. The molecular formula is C16H14N2O2. The van der Waals surface area contributed by atoms with Crippen LogP contribution < -0.4 is 4.74 Å². The van der Waals surface area contributed by atoms with E-state index in [2.05, 4.69) is 9.97 Å². The number of nitrogens with zero attached hydrogens (tertiary/aromatic N) is 2. The molecule has 0 saturated carbocycles. The average molecular weight is 266 g/mol. The SMILES string of the molecule is COc1ccc(C(O)c2ccc3cccnc3c2)cn1. The monoisotopic (exact) mass is 266 g/mol. The van der Waals surface area contributed by atoms with Crippen molar-refractivity contribution in [3.05, 3.63) is 66.0 Å². The summed E-state index contributed by atoms with van der Waals surface area (Å²) in [5.41, 5.74) is 2.38. The molecule has 0 bridgehead atoms. The minimum atomic E-state index is -0.722. The number of methoxy groups -OCH3 is 1. The molecule has 1 aromatic carbocycles. The maximum atomic E-state index is 10.4. The van der Waals surface area contributed by atoms with Gasteiger partial charge >= 0.3 is 0 Å². The summed E-state index contributed by atoms with van der Waals surface area (Å²) in [5.74, 6) is 0.529. The third-order valence-corrected chi connectivity index (χ3v) is 3.23. The standard InChI is InChI=1S/C16H14N2O2/c1-20-15-7-6-13(10-18-15)16(19)12-5-4-11-3-2-8-17-14(11)9-12/h2-10,16,19H,1H3. The van der Waals surface area contributed by atoms with Gasteiger partial charge in [-0.2, -0.15) is 0 Å². The number of aliphatic hydroxyl groups is 1. The Balaban J connectivity index is 1.96. The van der Waals surface area contributed by atoms with E-state index in [9.17, 15) is 5.11 Å². The van der Waals surface area contributed by atoms with Crippen LogP contribution in [0.15, 0.2) is 54.9 Å². The van der Waals surface area contributed by atoms with Crippen LogP contribution in [0.25, 0.3) is 10.9 Å². The summed E-state index contributed by atoms with van der Waals surface area (Å²) in [4.78, 5) is 8.41. The number of fused-ring (bicyclic) bond motifs is 1. The molecule has 1 atom stereocenters. The van der Waals surface area contributed by atoms with E-state index in [0.29, 0.717) is 5.88 Å². The van der Waals surface area contributed by atoms with Crippen LogP contribution in [0.4, 0.5) is 0 Å². The molecule has 4 nitrogen and oxygen atoms in total. The van der Waals surface area contributed by atoms with Crippen LogP contribution in [0.3, 0.4) is 0 Å². The second-order valence-corrected chi connectivity index (χ2v) is 4.49. The first-order chi connectivity index (χ1) is 9.78. The van der Waals surface area contributed by atoms with Gasteiger partial charge in [0.2, 0.25) is 5.88 Å². The highest BCUT2D eigenvalue weighted by Gasteiger charge is 2.11. The maximum Gasteiger partial charge on any atom is 0.212 e. The first-order valence-electron chi connectivity index (χ1n) is 6.30. The molecule has 1 N–H and O–H groups in total. The number of aliphatic hydroxyl groups excluding tert-OH is 1. The first kappa shape index (κ1) is 12.6. The van der Waals surface area contributed by atoms with Gasteiger partial charge in [0.05, 0.1) is 12.6 Å². The third kappa shape index (κ3) is 2.33. The summed E-state index contributed by atoms with van der Waals surface area (Å²) in [6, 6.07) is 13.2. The normalized spacial score (nSPS) is 12.3.